The predicted molar refractivity (Wildman–Crippen MR) is 65.1 cm³/mol. The Kier molecular flexibility index (Phi) is 3.33. The van der Waals surface area contributed by atoms with Crippen LogP contribution in [0.1, 0.15) is 54.4 Å². The van der Waals surface area contributed by atoms with Crippen LogP contribution >= 0.6 is 0 Å². The molecule has 16 heavy (non-hydrogen) atoms. The van der Waals surface area contributed by atoms with Gasteiger partial charge in [0.25, 0.3) is 0 Å². The molecule has 0 amide bonds. The summed E-state index contributed by atoms with van der Waals surface area (Å²) in [5.41, 5.74) is -0.175. The Bertz CT molecular complexity index is 270. The molecule has 2 unspecified atom stereocenters. The van der Waals surface area contributed by atoms with Gasteiger partial charge in [0, 0.05) is 24.7 Å². The molecule has 0 radical (unpaired) electrons. The first-order valence-corrected chi connectivity index (χ1v) is 6.09. The van der Waals surface area contributed by atoms with Gasteiger partial charge in [0.1, 0.15) is 11.6 Å². The first-order valence-electron chi connectivity index (χ1n) is 6.09. The molecular formula is C14H24O2. The van der Waals surface area contributed by atoms with E-state index in [4.69, 9.17) is 0 Å². The normalized spacial score (nSPS) is 28.4. The summed E-state index contributed by atoms with van der Waals surface area (Å²) in [6.45, 7) is 12.3. The van der Waals surface area contributed by atoms with E-state index in [-0.39, 0.29) is 34.2 Å². The van der Waals surface area contributed by atoms with Crippen molar-refractivity contribution in [3.63, 3.8) is 0 Å². The van der Waals surface area contributed by atoms with E-state index < -0.39 is 0 Å². The molecule has 0 aromatic carbocycles. The van der Waals surface area contributed by atoms with Crippen LogP contribution in [0.2, 0.25) is 0 Å². The molecule has 0 aromatic rings. The molecule has 0 N–H and O–H groups in total. The zero-order valence-electron chi connectivity index (χ0n) is 11.4. The highest BCUT2D eigenvalue weighted by Gasteiger charge is 2.44. The molecule has 1 aliphatic rings. The fourth-order valence-electron chi connectivity index (χ4n) is 2.49. The largest absolute Gasteiger partial charge is 0.299 e. The molecular weight excluding hydrogens is 200 g/mol. The Morgan fingerprint density at radius 1 is 0.750 bits per heavy atom. The van der Waals surface area contributed by atoms with Crippen molar-refractivity contribution in [2.45, 2.75) is 54.4 Å². The van der Waals surface area contributed by atoms with Crippen molar-refractivity contribution in [1.29, 1.82) is 0 Å². The van der Waals surface area contributed by atoms with Gasteiger partial charge in [-0.1, -0.05) is 41.5 Å². The van der Waals surface area contributed by atoms with Crippen molar-refractivity contribution in [1.82, 2.24) is 0 Å². The van der Waals surface area contributed by atoms with E-state index in [2.05, 4.69) is 0 Å². The van der Waals surface area contributed by atoms with Crippen LogP contribution in [-0.4, -0.2) is 11.6 Å². The summed E-state index contributed by atoms with van der Waals surface area (Å²) in [5.74, 6) is 0.372. The Balaban J connectivity index is 2.88. The van der Waals surface area contributed by atoms with Gasteiger partial charge in [0.15, 0.2) is 0 Å². The fraction of sp³-hybridized carbons (Fsp3) is 0.857. The molecule has 92 valence electrons. The van der Waals surface area contributed by atoms with Gasteiger partial charge < -0.3 is 0 Å². The lowest BCUT2D eigenvalue weighted by Crippen LogP contribution is -2.43. The molecule has 2 atom stereocenters. The van der Waals surface area contributed by atoms with Crippen LogP contribution in [0.4, 0.5) is 0 Å². The number of hydrogen-bond donors (Lipinski definition) is 0. The molecule has 1 aliphatic carbocycles. The quantitative estimate of drug-likeness (QED) is 0.633. The van der Waals surface area contributed by atoms with Crippen molar-refractivity contribution in [2.75, 3.05) is 0 Å². The molecule has 0 aromatic heterocycles. The first-order chi connectivity index (χ1) is 7.03. The minimum atomic E-state index is -0.0877. The fourth-order valence-corrected chi connectivity index (χ4v) is 2.49. The lowest BCUT2D eigenvalue weighted by molar-refractivity contribution is -0.143. The van der Waals surface area contributed by atoms with E-state index in [1.165, 1.54) is 0 Å². The number of Topliss-reactive ketones (excluding diaryl/α,β-unsaturated/α-hetero) is 2. The van der Waals surface area contributed by atoms with E-state index in [1.807, 2.05) is 41.5 Å². The molecule has 0 spiro atoms. The standard InChI is InChI=1S/C14H24O2/c1-13(2,3)9-7-12(16)10(8-11(9)15)14(4,5)6/h9-10H,7-8H2,1-6H3. The van der Waals surface area contributed by atoms with E-state index >= 15 is 0 Å². The van der Waals surface area contributed by atoms with Gasteiger partial charge >= 0.3 is 0 Å². The third-order valence-corrected chi connectivity index (χ3v) is 3.68. The van der Waals surface area contributed by atoms with Gasteiger partial charge in [-0.3, -0.25) is 9.59 Å². The topological polar surface area (TPSA) is 34.1 Å². The number of carbonyl (C=O) groups is 2. The van der Waals surface area contributed by atoms with Gasteiger partial charge in [0.2, 0.25) is 0 Å². The Hall–Kier alpha value is -0.660. The molecule has 0 heterocycles. The second-order valence-corrected chi connectivity index (χ2v) is 7.18. The van der Waals surface area contributed by atoms with Crippen LogP contribution in [-0.2, 0) is 9.59 Å². The van der Waals surface area contributed by atoms with Gasteiger partial charge in [-0.2, -0.15) is 0 Å². The summed E-state index contributed by atoms with van der Waals surface area (Å²) >= 11 is 0. The monoisotopic (exact) mass is 224 g/mol. The van der Waals surface area contributed by atoms with Gasteiger partial charge in [-0.15, -0.1) is 0 Å². The summed E-state index contributed by atoms with van der Waals surface area (Å²) in [5, 5.41) is 0. The summed E-state index contributed by atoms with van der Waals surface area (Å²) in [6, 6.07) is 0. The zero-order valence-corrected chi connectivity index (χ0v) is 11.4. The third-order valence-electron chi connectivity index (χ3n) is 3.68. The van der Waals surface area contributed by atoms with Crippen LogP contribution < -0.4 is 0 Å². The number of rotatable bonds is 0. The summed E-state index contributed by atoms with van der Waals surface area (Å²) in [6.07, 6.45) is 0.870. The zero-order chi connectivity index (χ0) is 12.7. The second kappa shape index (κ2) is 3.97. The maximum absolute atomic E-state index is 12.1. The van der Waals surface area contributed by atoms with E-state index in [0.29, 0.717) is 12.8 Å². The maximum atomic E-state index is 12.1. The maximum Gasteiger partial charge on any atom is 0.137 e. The molecule has 2 nitrogen and oxygen atoms in total. The predicted octanol–water partition coefficient (Wildman–Crippen LogP) is 3.24. The van der Waals surface area contributed by atoms with Crippen molar-refractivity contribution >= 4 is 11.6 Å². The molecule has 1 rings (SSSR count). The molecule has 0 aliphatic heterocycles. The molecule has 2 heteroatoms. The second-order valence-electron chi connectivity index (χ2n) is 7.18. The van der Waals surface area contributed by atoms with Gasteiger partial charge in [-0.25, -0.2) is 0 Å². The van der Waals surface area contributed by atoms with Crippen LogP contribution in [0.5, 0.6) is 0 Å². The minimum Gasteiger partial charge on any atom is -0.299 e. The highest BCUT2D eigenvalue weighted by molar-refractivity contribution is 5.97. The van der Waals surface area contributed by atoms with Crippen LogP contribution in [0.15, 0.2) is 0 Å². The van der Waals surface area contributed by atoms with E-state index in [1.54, 1.807) is 0 Å². The molecule has 1 fully saturated rings. The van der Waals surface area contributed by atoms with Crippen molar-refractivity contribution in [3.05, 3.63) is 0 Å². The minimum absolute atomic E-state index is 0.0846. The SMILES string of the molecule is CC(C)(C)C1CC(=O)C(C(C)(C)C)CC1=O. The number of hydrogen-bond acceptors (Lipinski definition) is 2. The molecule has 0 bridgehead atoms. The summed E-state index contributed by atoms with van der Waals surface area (Å²) in [7, 11) is 0. The van der Waals surface area contributed by atoms with Crippen molar-refractivity contribution in [2.24, 2.45) is 22.7 Å². The van der Waals surface area contributed by atoms with Crippen molar-refractivity contribution in [3.8, 4) is 0 Å². The van der Waals surface area contributed by atoms with Crippen LogP contribution in [0.25, 0.3) is 0 Å². The van der Waals surface area contributed by atoms with Gasteiger partial charge in [-0.05, 0) is 10.8 Å². The van der Waals surface area contributed by atoms with Gasteiger partial charge in [0.05, 0.1) is 0 Å². The lowest BCUT2D eigenvalue weighted by atomic mass is 9.63. The third kappa shape index (κ3) is 2.72. The smallest absolute Gasteiger partial charge is 0.137 e. The number of ketones is 2. The average molecular weight is 224 g/mol. The molecule has 0 saturated heterocycles. The summed E-state index contributed by atoms with van der Waals surface area (Å²) < 4.78 is 0. The number of carbonyl (C=O) groups excluding carboxylic acids is 2. The highest BCUT2D eigenvalue weighted by atomic mass is 16.1. The Labute approximate surface area is 98.8 Å². The molecule has 1 saturated carbocycles. The highest BCUT2D eigenvalue weighted by Crippen LogP contribution is 2.41. The summed E-state index contributed by atoms with van der Waals surface area (Å²) in [4.78, 5) is 24.2. The lowest BCUT2D eigenvalue weighted by Gasteiger charge is -2.39. The van der Waals surface area contributed by atoms with Crippen molar-refractivity contribution < 1.29 is 9.59 Å². The average Bonchev–Trinajstić information content (AvgIpc) is 2.04. The Morgan fingerprint density at radius 2 is 1.00 bits per heavy atom. The van der Waals surface area contributed by atoms with E-state index in [0.717, 1.165) is 0 Å². The van der Waals surface area contributed by atoms with Crippen LogP contribution in [0.3, 0.4) is 0 Å². The first kappa shape index (κ1) is 13.4. The van der Waals surface area contributed by atoms with Crippen LogP contribution in [0, 0.1) is 22.7 Å². The van der Waals surface area contributed by atoms with E-state index in [9.17, 15) is 9.59 Å². The Morgan fingerprint density at radius 3 is 1.19 bits per heavy atom.